The number of hydrogen-bond donors (Lipinski definition) is 1. The largest absolute Gasteiger partial charge is 0.483 e. The van der Waals surface area contributed by atoms with Gasteiger partial charge in [-0.25, -0.2) is 22.0 Å². The molecule has 3 rings (SSSR count). The zero-order valence-electron chi connectivity index (χ0n) is 15.9. The van der Waals surface area contributed by atoms with E-state index in [1.165, 1.54) is 0 Å². The van der Waals surface area contributed by atoms with Gasteiger partial charge in [-0.05, 0) is 60.6 Å². The van der Waals surface area contributed by atoms with Crippen molar-refractivity contribution >= 4 is 0 Å². The van der Waals surface area contributed by atoms with Crippen molar-refractivity contribution in [2.24, 2.45) is 11.7 Å². The normalized spacial score (nSPS) is 20.5. The van der Waals surface area contributed by atoms with Gasteiger partial charge in [0.2, 0.25) is 0 Å². The zero-order chi connectivity index (χ0) is 21.1. The summed E-state index contributed by atoms with van der Waals surface area (Å²) in [4.78, 5) is 0. The highest BCUT2D eigenvalue weighted by atomic mass is 19.2. The minimum Gasteiger partial charge on any atom is -0.483 e. The van der Waals surface area contributed by atoms with Gasteiger partial charge in [-0.15, -0.1) is 0 Å². The van der Waals surface area contributed by atoms with E-state index in [4.69, 9.17) is 15.2 Å². The number of nitrogens with two attached hydrogens (primary N) is 1. The van der Waals surface area contributed by atoms with Crippen LogP contribution in [-0.4, -0.2) is 12.6 Å². The number of ether oxygens (including phenoxy) is 2. The topological polar surface area (TPSA) is 44.5 Å². The Morgan fingerprint density at radius 1 is 1.00 bits per heavy atom. The lowest BCUT2D eigenvalue weighted by atomic mass is 9.89. The molecule has 158 valence electrons. The zero-order valence-corrected chi connectivity index (χ0v) is 15.9. The van der Waals surface area contributed by atoms with E-state index in [2.05, 4.69) is 0 Å². The molecule has 3 nitrogen and oxygen atoms in total. The number of hydrogen-bond acceptors (Lipinski definition) is 3. The first-order valence-corrected chi connectivity index (χ1v) is 9.42. The van der Waals surface area contributed by atoms with E-state index in [1.807, 2.05) is 6.92 Å². The Kier molecular flexibility index (Phi) is 6.74. The molecule has 0 saturated carbocycles. The molecule has 3 atom stereocenters. The molecule has 0 aromatic heterocycles. The highest BCUT2D eigenvalue weighted by Crippen LogP contribution is 2.35. The molecule has 2 aromatic rings. The first kappa shape index (κ1) is 21.5. The average Bonchev–Trinajstić information content (AvgIpc) is 2.70. The van der Waals surface area contributed by atoms with Crippen molar-refractivity contribution in [1.82, 2.24) is 0 Å². The molecule has 1 fully saturated rings. The third-order valence-corrected chi connectivity index (χ3v) is 5.21. The van der Waals surface area contributed by atoms with Crippen LogP contribution in [0.2, 0.25) is 0 Å². The van der Waals surface area contributed by atoms with E-state index >= 15 is 0 Å². The minimum atomic E-state index is -1.62. The Hall–Kier alpha value is -2.19. The van der Waals surface area contributed by atoms with E-state index in [-0.39, 0.29) is 17.5 Å². The third kappa shape index (κ3) is 4.87. The number of halogens is 5. The standard InChI is InChI=1S/C21H22F5NO2/c1-2-18(27)12-3-4-19(28-10-12)13-7-16(24)21(17(25)8-13)29-9-11-5-14(22)20(26)15(23)6-11/h5-8,12,18-19H,2-4,9-10,27H2,1H3. The molecule has 29 heavy (non-hydrogen) atoms. The summed E-state index contributed by atoms with van der Waals surface area (Å²) in [6, 6.07) is 3.68. The first-order chi connectivity index (χ1) is 13.8. The SMILES string of the molecule is CCC(N)C1CCC(c2cc(F)c(OCc3cc(F)c(F)c(F)c3)c(F)c2)OC1. The van der Waals surface area contributed by atoms with E-state index in [9.17, 15) is 22.0 Å². The van der Waals surface area contributed by atoms with Gasteiger partial charge in [0.05, 0.1) is 12.7 Å². The predicted octanol–water partition coefficient (Wildman–Crippen LogP) is 5.17. The van der Waals surface area contributed by atoms with E-state index in [0.29, 0.717) is 30.7 Å². The van der Waals surface area contributed by atoms with Crippen molar-refractivity contribution in [3.63, 3.8) is 0 Å². The van der Waals surface area contributed by atoms with Gasteiger partial charge in [-0.2, -0.15) is 0 Å². The maximum atomic E-state index is 14.4. The summed E-state index contributed by atoms with van der Waals surface area (Å²) >= 11 is 0. The van der Waals surface area contributed by atoms with Crippen LogP contribution >= 0.6 is 0 Å². The molecule has 2 N–H and O–H groups in total. The molecule has 0 bridgehead atoms. The van der Waals surface area contributed by atoms with Crippen LogP contribution in [0.3, 0.4) is 0 Å². The average molecular weight is 415 g/mol. The molecule has 0 aliphatic carbocycles. The fourth-order valence-corrected chi connectivity index (χ4v) is 3.46. The van der Waals surface area contributed by atoms with Gasteiger partial charge in [0, 0.05) is 6.04 Å². The summed E-state index contributed by atoms with van der Waals surface area (Å²) in [5, 5.41) is 0. The molecule has 3 unspecified atom stereocenters. The second-order valence-electron chi connectivity index (χ2n) is 7.21. The molecule has 0 radical (unpaired) electrons. The summed E-state index contributed by atoms with van der Waals surface area (Å²) in [6.07, 6.45) is 1.76. The molecule has 1 aliphatic rings. The van der Waals surface area contributed by atoms with Crippen LogP contribution in [-0.2, 0) is 11.3 Å². The highest BCUT2D eigenvalue weighted by molar-refractivity contribution is 5.33. The van der Waals surface area contributed by atoms with Crippen molar-refractivity contribution in [3.8, 4) is 5.75 Å². The number of benzene rings is 2. The summed E-state index contributed by atoms with van der Waals surface area (Å²) in [5.41, 5.74) is 6.27. The maximum Gasteiger partial charge on any atom is 0.194 e. The Bertz CT molecular complexity index is 822. The van der Waals surface area contributed by atoms with Crippen molar-refractivity contribution in [2.45, 2.75) is 44.9 Å². The van der Waals surface area contributed by atoms with Gasteiger partial charge in [0.25, 0.3) is 0 Å². The van der Waals surface area contributed by atoms with E-state index in [1.54, 1.807) is 0 Å². The monoisotopic (exact) mass is 415 g/mol. The molecule has 8 heteroatoms. The fourth-order valence-electron chi connectivity index (χ4n) is 3.46. The lowest BCUT2D eigenvalue weighted by Crippen LogP contribution is -2.36. The van der Waals surface area contributed by atoms with E-state index in [0.717, 1.165) is 25.0 Å². The summed E-state index contributed by atoms with van der Waals surface area (Å²) in [7, 11) is 0. The first-order valence-electron chi connectivity index (χ1n) is 9.42. The molecule has 0 amide bonds. The Morgan fingerprint density at radius 2 is 1.62 bits per heavy atom. The van der Waals surface area contributed by atoms with Crippen molar-refractivity contribution in [2.75, 3.05) is 6.61 Å². The minimum absolute atomic E-state index is 0.0290. The van der Waals surface area contributed by atoms with Crippen LogP contribution in [0.25, 0.3) is 0 Å². The Morgan fingerprint density at radius 3 is 2.14 bits per heavy atom. The highest BCUT2D eigenvalue weighted by Gasteiger charge is 2.28. The van der Waals surface area contributed by atoms with Gasteiger partial charge < -0.3 is 15.2 Å². The molecule has 1 saturated heterocycles. The third-order valence-electron chi connectivity index (χ3n) is 5.21. The molecular weight excluding hydrogens is 393 g/mol. The van der Waals surface area contributed by atoms with Crippen LogP contribution in [0.4, 0.5) is 22.0 Å². The second kappa shape index (κ2) is 9.09. The summed E-state index contributed by atoms with van der Waals surface area (Å²) in [5.74, 6) is -6.82. The molecule has 1 aliphatic heterocycles. The van der Waals surface area contributed by atoms with Crippen LogP contribution < -0.4 is 10.5 Å². The quantitative estimate of drug-likeness (QED) is 0.523. The van der Waals surface area contributed by atoms with Crippen LogP contribution in [0.15, 0.2) is 24.3 Å². The summed E-state index contributed by atoms with van der Waals surface area (Å²) < 4.78 is 79.1. The van der Waals surface area contributed by atoms with Crippen LogP contribution in [0.5, 0.6) is 5.75 Å². The van der Waals surface area contributed by atoms with Crippen molar-refractivity contribution in [1.29, 1.82) is 0 Å². The number of rotatable bonds is 6. The lowest BCUT2D eigenvalue weighted by molar-refractivity contribution is -0.0243. The second-order valence-corrected chi connectivity index (χ2v) is 7.21. The van der Waals surface area contributed by atoms with Gasteiger partial charge >= 0.3 is 0 Å². The smallest absolute Gasteiger partial charge is 0.194 e. The van der Waals surface area contributed by atoms with Gasteiger partial charge in [0.1, 0.15) is 6.61 Å². The van der Waals surface area contributed by atoms with Gasteiger partial charge in [-0.3, -0.25) is 0 Å². The Labute approximate surface area is 165 Å². The van der Waals surface area contributed by atoms with E-state index < -0.39 is 47.5 Å². The summed E-state index contributed by atoms with van der Waals surface area (Å²) in [6.45, 7) is 1.88. The molecule has 1 heterocycles. The molecule has 0 spiro atoms. The fraction of sp³-hybridized carbons (Fsp3) is 0.429. The van der Waals surface area contributed by atoms with Crippen LogP contribution in [0.1, 0.15) is 43.4 Å². The van der Waals surface area contributed by atoms with Crippen molar-refractivity contribution in [3.05, 3.63) is 64.5 Å². The van der Waals surface area contributed by atoms with Gasteiger partial charge in [0.15, 0.2) is 34.8 Å². The molecular formula is C21H22F5NO2. The van der Waals surface area contributed by atoms with Crippen molar-refractivity contribution < 1.29 is 31.4 Å². The lowest BCUT2D eigenvalue weighted by Gasteiger charge is -2.32. The molecule has 2 aromatic carbocycles. The van der Waals surface area contributed by atoms with Gasteiger partial charge in [-0.1, -0.05) is 6.92 Å². The maximum absolute atomic E-state index is 14.4. The predicted molar refractivity (Wildman–Crippen MR) is 96.7 cm³/mol. The van der Waals surface area contributed by atoms with Crippen LogP contribution in [0, 0.1) is 35.0 Å². The Balaban J connectivity index is 1.68.